The zero-order chi connectivity index (χ0) is 16.9. The fraction of sp³-hybridized carbons (Fsp3) is 0.0667. The first kappa shape index (κ1) is 16.3. The molecule has 0 aliphatic heterocycles. The molecule has 120 valence electrons. The molecule has 0 heterocycles. The van der Waals surface area contributed by atoms with Crippen LogP contribution in [0.4, 0.5) is 24.5 Å². The Hall–Kier alpha value is -3.03. The second kappa shape index (κ2) is 6.82. The molecule has 8 heteroatoms. The highest BCUT2D eigenvalue weighted by Crippen LogP contribution is 2.24. The van der Waals surface area contributed by atoms with E-state index in [0.29, 0.717) is 16.9 Å². The third-order valence-corrected chi connectivity index (χ3v) is 2.68. The number of alkyl halides is 3. The van der Waals surface area contributed by atoms with Crippen LogP contribution in [-0.4, -0.2) is 18.5 Å². The first-order valence-corrected chi connectivity index (χ1v) is 6.41. The van der Waals surface area contributed by atoms with Gasteiger partial charge in [0.2, 0.25) is 0 Å². The van der Waals surface area contributed by atoms with Gasteiger partial charge in [-0.05, 0) is 48.5 Å². The van der Waals surface area contributed by atoms with Gasteiger partial charge in [-0.1, -0.05) is 0 Å². The number of rotatable bonds is 4. The molecule has 5 nitrogen and oxygen atoms in total. The number of nitrogens with zero attached hydrogens (tertiary/aromatic N) is 2. The summed E-state index contributed by atoms with van der Waals surface area (Å²) in [7, 11) is 0. The number of hydrogen-bond donors (Lipinski definition) is 2. The van der Waals surface area contributed by atoms with Crippen molar-refractivity contribution in [2.45, 2.75) is 6.36 Å². The Kier molecular flexibility index (Phi) is 4.85. The normalized spacial score (nSPS) is 12.6. The predicted octanol–water partition coefficient (Wildman–Crippen LogP) is 3.23. The number of anilines is 1. The van der Waals surface area contributed by atoms with Crippen molar-refractivity contribution >= 4 is 23.5 Å². The van der Waals surface area contributed by atoms with Crippen LogP contribution in [0.5, 0.6) is 5.75 Å². The summed E-state index contributed by atoms with van der Waals surface area (Å²) in [4.78, 5) is 7.92. The summed E-state index contributed by atoms with van der Waals surface area (Å²) in [6.45, 7) is 0. The molecule has 2 rings (SSSR count). The third-order valence-electron chi connectivity index (χ3n) is 2.68. The number of nitrogens with two attached hydrogens (primary N) is 2. The summed E-state index contributed by atoms with van der Waals surface area (Å²) in [5.41, 5.74) is 13.0. The Morgan fingerprint density at radius 3 is 2.17 bits per heavy atom. The summed E-state index contributed by atoms with van der Waals surface area (Å²) < 4.78 is 39.8. The molecule has 0 saturated carbocycles. The molecule has 0 aliphatic rings. The van der Waals surface area contributed by atoms with Gasteiger partial charge in [-0.15, -0.1) is 13.2 Å². The Bertz CT molecular complexity index is 707. The first-order valence-electron chi connectivity index (χ1n) is 6.41. The smallest absolute Gasteiger partial charge is 0.406 e. The molecule has 2 aromatic rings. The SMILES string of the molecule is NC(=NC=Nc1ccc(OC(F)(F)F)cc1)c1ccc(N)cc1. The standard InChI is InChI=1S/C15H13F3N4O/c16-15(17,18)23-13-7-5-12(6-8-13)21-9-22-14(20)10-1-3-11(19)4-2-10/h1-9H,19H2,(H2,20,21,22). The largest absolute Gasteiger partial charge is 0.573 e. The lowest BCUT2D eigenvalue weighted by Gasteiger charge is -2.08. The van der Waals surface area contributed by atoms with Crippen molar-refractivity contribution in [2.75, 3.05) is 5.73 Å². The van der Waals surface area contributed by atoms with Crippen LogP contribution in [0.25, 0.3) is 0 Å². The van der Waals surface area contributed by atoms with Crippen molar-refractivity contribution in [3.63, 3.8) is 0 Å². The number of halogens is 3. The van der Waals surface area contributed by atoms with E-state index in [0.717, 1.165) is 12.1 Å². The van der Waals surface area contributed by atoms with Crippen molar-refractivity contribution in [3.05, 3.63) is 54.1 Å². The van der Waals surface area contributed by atoms with Crippen molar-refractivity contribution in [2.24, 2.45) is 15.7 Å². The van der Waals surface area contributed by atoms with Gasteiger partial charge in [0, 0.05) is 11.3 Å². The number of benzene rings is 2. The maximum Gasteiger partial charge on any atom is 0.573 e. The fourth-order valence-electron chi connectivity index (χ4n) is 1.62. The monoisotopic (exact) mass is 322 g/mol. The highest BCUT2D eigenvalue weighted by atomic mass is 19.4. The highest BCUT2D eigenvalue weighted by molar-refractivity contribution is 6.01. The van der Waals surface area contributed by atoms with Crippen molar-refractivity contribution in [1.29, 1.82) is 0 Å². The second-order valence-electron chi connectivity index (χ2n) is 4.42. The number of aliphatic imine (C=N–C) groups is 2. The molecule has 0 bridgehead atoms. The fourth-order valence-corrected chi connectivity index (χ4v) is 1.62. The topological polar surface area (TPSA) is 86.0 Å². The van der Waals surface area contributed by atoms with E-state index >= 15 is 0 Å². The molecule has 0 fully saturated rings. The molecule has 0 aromatic heterocycles. The number of nitrogen functional groups attached to an aromatic ring is 1. The van der Waals surface area contributed by atoms with E-state index < -0.39 is 6.36 Å². The molecule has 4 N–H and O–H groups in total. The summed E-state index contributed by atoms with van der Waals surface area (Å²) >= 11 is 0. The molecule has 0 atom stereocenters. The average molecular weight is 322 g/mol. The molecule has 0 aliphatic carbocycles. The molecule has 0 saturated heterocycles. The van der Waals surface area contributed by atoms with Crippen LogP contribution in [-0.2, 0) is 0 Å². The zero-order valence-corrected chi connectivity index (χ0v) is 11.8. The lowest BCUT2D eigenvalue weighted by Crippen LogP contribution is -2.16. The molecule has 2 aromatic carbocycles. The summed E-state index contributed by atoms with van der Waals surface area (Å²) in [5, 5.41) is 0. The van der Waals surface area contributed by atoms with Gasteiger partial charge in [-0.25, -0.2) is 9.98 Å². The van der Waals surface area contributed by atoms with E-state index in [9.17, 15) is 13.2 Å². The summed E-state index contributed by atoms with van der Waals surface area (Å²) in [5.74, 6) is -0.0767. The Balaban J connectivity index is 2.02. The molecule has 0 radical (unpaired) electrons. The maximum atomic E-state index is 12.0. The van der Waals surface area contributed by atoms with Gasteiger partial charge in [-0.3, -0.25) is 0 Å². The van der Waals surface area contributed by atoms with Gasteiger partial charge in [0.15, 0.2) is 0 Å². The molecule has 0 amide bonds. The zero-order valence-electron chi connectivity index (χ0n) is 11.8. The van der Waals surface area contributed by atoms with E-state index in [1.165, 1.54) is 18.5 Å². The van der Waals surface area contributed by atoms with Crippen LogP contribution in [0.2, 0.25) is 0 Å². The number of hydrogen-bond acceptors (Lipinski definition) is 3. The minimum absolute atomic E-state index is 0.241. The average Bonchev–Trinajstić information content (AvgIpc) is 2.48. The molecule has 0 spiro atoms. The minimum Gasteiger partial charge on any atom is -0.406 e. The molecular weight excluding hydrogens is 309 g/mol. The van der Waals surface area contributed by atoms with Crippen LogP contribution in [0, 0.1) is 0 Å². The summed E-state index contributed by atoms with van der Waals surface area (Å²) in [6, 6.07) is 11.9. The number of ether oxygens (including phenoxy) is 1. The van der Waals surface area contributed by atoms with Crippen LogP contribution in [0.15, 0.2) is 58.5 Å². The van der Waals surface area contributed by atoms with Gasteiger partial charge in [0.05, 0.1) is 5.69 Å². The van der Waals surface area contributed by atoms with E-state index in [2.05, 4.69) is 14.7 Å². The van der Waals surface area contributed by atoms with Gasteiger partial charge in [-0.2, -0.15) is 0 Å². The summed E-state index contributed by atoms with van der Waals surface area (Å²) in [6.07, 6.45) is -3.51. The van der Waals surface area contributed by atoms with Crippen LogP contribution >= 0.6 is 0 Å². The predicted molar refractivity (Wildman–Crippen MR) is 82.9 cm³/mol. The molecule has 0 unspecified atom stereocenters. The first-order chi connectivity index (χ1) is 10.8. The second-order valence-corrected chi connectivity index (χ2v) is 4.42. The van der Waals surface area contributed by atoms with Gasteiger partial charge in [0.25, 0.3) is 0 Å². The quantitative estimate of drug-likeness (QED) is 0.515. The van der Waals surface area contributed by atoms with Gasteiger partial charge in [0.1, 0.15) is 17.9 Å². The Labute approximate surface area is 130 Å². The lowest BCUT2D eigenvalue weighted by atomic mass is 10.2. The van der Waals surface area contributed by atoms with E-state index in [4.69, 9.17) is 11.5 Å². The van der Waals surface area contributed by atoms with Crippen LogP contribution in [0.1, 0.15) is 5.56 Å². The molecule has 23 heavy (non-hydrogen) atoms. The maximum absolute atomic E-state index is 12.0. The van der Waals surface area contributed by atoms with Crippen LogP contribution in [0.3, 0.4) is 0 Å². The van der Waals surface area contributed by atoms with Crippen molar-refractivity contribution in [3.8, 4) is 5.75 Å². The van der Waals surface area contributed by atoms with Crippen molar-refractivity contribution in [1.82, 2.24) is 0 Å². The van der Waals surface area contributed by atoms with Gasteiger partial charge >= 0.3 is 6.36 Å². The van der Waals surface area contributed by atoms with Gasteiger partial charge < -0.3 is 16.2 Å². The Morgan fingerprint density at radius 1 is 1.00 bits per heavy atom. The van der Waals surface area contributed by atoms with E-state index in [1.807, 2.05) is 0 Å². The molecular formula is C15H13F3N4O. The lowest BCUT2D eigenvalue weighted by molar-refractivity contribution is -0.274. The minimum atomic E-state index is -4.72. The van der Waals surface area contributed by atoms with Crippen molar-refractivity contribution < 1.29 is 17.9 Å². The highest BCUT2D eigenvalue weighted by Gasteiger charge is 2.30. The Morgan fingerprint density at radius 2 is 1.61 bits per heavy atom. The van der Waals surface area contributed by atoms with Crippen LogP contribution < -0.4 is 16.2 Å². The van der Waals surface area contributed by atoms with E-state index in [1.54, 1.807) is 24.3 Å². The number of amidine groups is 1. The third kappa shape index (κ3) is 5.34. The van der Waals surface area contributed by atoms with E-state index in [-0.39, 0.29) is 11.6 Å².